The van der Waals surface area contributed by atoms with Crippen LogP contribution >= 0.6 is 23.2 Å². The van der Waals surface area contributed by atoms with Crippen molar-refractivity contribution in [1.29, 1.82) is 0 Å². The Bertz CT molecular complexity index is 584. The van der Waals surface area contributed by atoms with Gasteiger partial charge in [-0.1, -0.05) is 23.2 Å². The van der Waals surface area contributed by atoms with Crippen LogP contribution in [0.1, 0.15) is 10.4 Å². The van der Waals surface area contributed by atoms with Crippen LogP contribution in [0.15, 0.2) is 36.5 Å². The number of ether oxygens (including phenoxy) is 1. The molecule has 0 saturated carbocycles. The van der Waals surface area contributed by atoms with E-state index >= 15 is 0 Å². The number of rotatable bonds is 3. The molecule has 2 rings (SSSR count). The summed E-state index contributed by atoms with van der Waals surface area (Å²) in [4.78, 5) is 14.5. The van der Waals surface area contributed by atoms with Gasteiger partial charge in [-0.05, 0) is 24.3 Å². The van der Waals surface area contributed by atoms with Gasteiger partial charge in [-0.3, -0.25) is 0 Å². The molecule has 2 aromatic rings. The lowest BCUT2D eigenvalue weighted by atomic mass is 10.3. The number of pyridine rings is 1. The molecule has 4 nitrogen and oxygen atoms in total. The Labute approximate surface area is 113 Å². The summed E-state index contributed by atoms with van der Waals surface area (Å²) in [5.41, 5.74) is 0.0875. The molecule has 1 aromatic heterocycles. The second-order valence-corrected chi connectivity index (χ2v) is 4.21. The number of carboxylic acids is 1. The molecular weight excluding hydrogens is 277 g/mol. The number of nitrogens with zero attached hydrogens (tertiary/aromatic N) is 1. The van der Waals surface area contributed by atoms with Crippen LogP contribution < -0.4 is 4.74 Å². The lowest BCUT2D eigenvalue weighted by Gasteiger charge is -2.06. The fourth-order valence-corrected chi connectivity index (χ4v) is 1.68. The van der Waals surface area contributed by atoms with Crippen molar-refractivity contribution in [2.75, 3.05) is 0 Å². The third kappa shape index (κ3) is 2.91. The van der Waals surface area contributed by atoms with E-state index in [0.29, 0.717) is 15.8 Å². The van der Waals surface area contributed by atoms with Crippen LogP contribution in [0, 0.1) is 0 Å². The van der Waals surface area contributed by atoms with Crippen molar-refractivity contribution in [3.63, 3.8) is 0 Å². The number of hydrogen-bond acceptors (Lipinski definition) is 3. The van der Waals surface area contributed by atoms with Gasteiger partial charge in [0.2, 0.25) is 5.88 Å². The Morgan fingerprint density at radius 3 is 2.56 bits per heavy atom. The number of halogens is 2. The van der Waals surface area contributed by atoms with Crippen molar-refractivity contribution in [2.45, 2.75) is 0 Å². The average Bonchev–Trinajstić information content (AvgIpc) is 2.33. The molecular formula is C12H7Cl2NO3. The first-order chi connectivity index (χ1) is 8.56. The summed E-state index contributed by atoms with van der Waals surface area (Å²) >= 11 is 11.7. The van der Waals surface area contributed by atoms with Gasteiger partial charge in [-0.25, -0.2) is 9.78 Å². The topological polar surface area (TPSA) is 59.4 Å². The van der Waals surface area contributed by atoms with Gasteiger partial charge in [0.05, 0.1) is 10.6 Å². The lowest BCUT2D eigenvalue weighted by molar-refractivity contribution is 0.0696. The number of benzene rings is 1. The smallest absolute Gasteiger partial charge is 0.337 e. The van der Waals surface area contributed by atoms with E-state index in [-0.39, 0.29) is 11.4 Å². The molecule has 0 amide bonds. The Hall–Kier alpha value is -1.78. The molecule has 0 bridgehead atoms. The van der Waals surface area contributed by atoms with Crippen molar-refractivity contribution < 1.29 is 14.6 Å². The molecule has 0 radical (unpaired) electrons. The van der Waals surface area contributed by atoms with Crippen LogP contribution in [0.2, 0.25) is 10.0 Å². The summed E-state index contributed by atoms with van der Waals surface area (Å²) in [6, 6.07) is 7.64. The predicted molar refractivity (Wildman–Crippen MR) is 67.7 cm³/mol. The van der Waals surface area contributed by atoms with Crippen LogP contribution in [0.3, 0.4) is 0 Å². The van der Waals surface area contributed by atoms with Gasteiger partial charge in [0, 0.05) is 17.3 Å². The van der Waals surface area contributed by atoms with Crippen molar-refractivity contribution in [3.8, 4) is 11.6 Å². The first kappa shape index (κ1) is 12.7. The van der Waals surface area contributed by atoms with Crippen LogP contribution in [0.4, 0.5) is 0 Å². The van der Waals surface area contributed by atoms with E-state index in [1.54, 1.807) is 18.2 Å². The molecule has 1 aromatic carbocycles. The van der Waals surface area contributed by atoms with E-state index in [1.165, 1.54) is 18.3 Å². The van der Waals surface area contributed by atoms with Crippen molar-refractivity contribution >= 4 is 29.2 Å². The molecule has 0 atom stereocenters. The molecule has 0 saturated heterocycles. The Morgan fingerprint density at radius 1 is 1.22 bits per heavy atom. The molecule has 0 unspecified atom stereocenters. The molecule has 92 valence electrons. The maximum atomic E-state index is 10.6. The summed E-state index contributed by atoms with van der Waals surface area (Å²) in [6.45, 7) is 0. The van der Waals surface area contributed by atoms with Gasteiger partial charge in [0.25, 0.3) is 0 Å². The number of carboxylic acid groups (broad SMARTS) is 1. The van der Waals surface area contributed by atoms with Gasteiger partial charge in [0.15, 0.2) is 0 Å². The minimum Gasteiger partial charge on any atom is -0.478 e. The molecule has 0 spiro atoms. The zero-order chi connectivity index (χ0) is 13.1. The standard InChI is InChI=1S/C12H7Cl2NO3/c13-8-2-3-10(9(14)5-8)18-11-4-1-7(6-15-11)12(16)17/h1-6H,(H,16,17). The molecule has 18 heavy (non-hydrogen) atoms. The highest BCUT2D eigenvalue weighted by Crippen LogP contribution is 2.30. The minimum atomic E-state index is -1.04. The highest BCUT2D eigenvalue weighted by atomic mass is 35.5. The van der Waals surface area contributed by atoms with Crippen molar-refractivity contribution in [2.24, 2.45) is 0 Å². The van der Waals surface area contributed by atoms with Gasteiger partial charge >= 0.3 is 5.97 Å². The monoisotopic (exact) mass is 283 g/mol. The number of hydrogen-bond donors (Lipinski definition) is 1. The number of carbonyl (C=O) groups is 1. The van der Waals surface area contributed by atoms with Gasteiger partial charge in [0.1, 0.15) is 5.75 Å². The summed E-state index contributed by atoms with van der Waals surface area (Å²) in [7, 11) is 0. The van der Waals surface area contributed by atoms with E-state index in [1.807, 2.05) is 0 Å². The third-order valence-electron chi connectivity index (χ3n) is 2.09. The second-order valence-electron chi connectivity index (χ2n) is 3.37. The molecule has 0 aliphatic heterocycles. The third-order valence-corrected chi connectivity index (χ3v) is 2.62. The first-order valence-corrected chi connectivity index (χ1v) is 5.64. The summed E-state index contributed by atoms with van der Waals surface area (Å²) < 4.78 is 5.40. The average molecular weight is 284 g/mol. The SMILES string of the molecule is O=C(O)c1ccc(Oc2ccc(Cl)cc2Cl)nc1. The Morgan fingerprint density at radius 2 is 2.00 bits per heavy atom. The van der Waals surface area contributed by atoms with E-state index in [2.05, 4.69) is 4.98 Å². The van der Waals surface area contributed by atoms with E-state index < -0.39 is 5.97 Å². The minimum absolute atomic E-state index is 0.0875. The summed E-state index contributed by atoms with van der Waals surface area (Å²) in [5.74, 6) is -0.389. The quantitative estimate of drug-likeness (QED) is 0.929. The summed E-state index contributed by atoms with van der Waals surface area (Å²) in [5, 5.41) is 9.58. The number of aromatic carboxylic acids is 1. The van der Waals surface area contributed by atoms with Crippen LogP contribution in [0.25, 0.3) is 0 Å². The summed E-state index contributed by atoms with van der Waals surface area (Å²) in [6.07, 6.45) is 1.21. The maximum Gasteiger partial charge on any atom is 0.337 e. The Kier molecular flexibility index (Phi) is 3.69. The fourth-order valence-electron chi connectivity index (χ4n) is 1.24. The first-order valence-electron chi connectivity index (χ1n) is 4.88. The van der Waals surface area contributed by atoms with Crippen LogP contribution in [-0.4, -0.2) is 16.1 Å². The molecule has 0 fully saturated rings. The van der Waals surface area contributed by atoms with E-state index in [9.17, 15) is 4.79 Å². The maximum absolute atomic E-state index is 10.6. The molecule has 0 aliphatic rings. The van der Waals surface area contributed by atoms with Crippen LogP contribution in [0.5, 0.6) is 11.6 Å². The number of aromatic nitrogens is 1. The fraction of sp³-hybridized carbons (Fsp3) is 0. The second kappa shape index (κ2) is 5.25. The highest BCUT2D eigenvalue weighted by Gasteiger charge is 2.07. The highest BCUT2D eigenvalue weighted by molar-refractivity contribution is 6.35. The van der Waals surface area contributed by atoms with E-state index in [4.69, 9.17) is 33.0 Å². The zero-order valence-corrected chi connectivity index (χ0v) is 10.4. The van der Waals surface area contributed by atoms with Crippen LogP contribution in [-0.2, 0) is 0 Å². The Balaban J connectivity index is 2.21. The van der Waals surface area contributed by atoms with Gasteiger partial charge in [-0.2, -0.15) is 0 Å². The largest absolute Gasteiger partial charge is 0.478 e. The lowest BCUT2D eigenvalue weighted by Crippen LogP contribution is -1.97. The molecule has 1 heterocycles. The van der Waals surface area contributed by atoms with Gasteiger partial charge < -0.3 is 9.84 Å². The van der Waals surface area contributed by atoms with Crippen molar-refractivity contribution in [3.05, 3.63) is 52.1 Å². The molecule has 6 heteroatoms. The van der Waals surface area contributed by atoms with Crippen molar-refractivity contribution in [1.82, 2.24) is 4.98 Å². The molecule has 1 N–H and O–H groups in total. The van der Waals surface area contributed by atoms with Gasteiger partial charge in [-0.15, -0.1) is 0 Å². The normalized spacial score (nSPS) is 10.1. The molecule has 0 aliphatic carbocycles. The predicted octanol–water partition coefficient (Wildman–Crippen LogP) is 3.88. The zero-order valence-electron chi connectivity index (χ0n) is 8.93. The van der Waals surface area contributed by atoms with E-state index in [0.717, 1.165) is 0 Å².